The van der Waals surface area contributed by atoms with Crippen LogP contribution in [0.25, 0.3) is 0 Å². The Kier molecular flexibility index (Phi) is 6.17. The van der Waals surface area contributed by atoms with Gasteiger partial charge in [0.25, 0.3) is 0 Å². The average Bonchev–Trinajstić information content (AvgIpc) is 2.45. The third-order valence-corrected chi connectivity index (χ3v) is 2.64. The molecule has 1 amide bonds. The molecule has 1 N–H and O–H groups in total. The van der Waals surface area contributed by atoms with Crippen molar-refractivity contribution < 1.29 is 18.7 Å². The highest BCUT2D eigenvalue weighted by molar-refractivity contribution is 5.85. The van der Waals surface area contributed by atoms with E-state index in [1.165, 1.54) is 31.4 Å². The average molecular weight is 278 g/mol. The fourth-order valence-electron chi connectivity index (χ4n) is 1.63. The zero-order valence-corrected chi connectivity index (χ0v) is 11.1. The molecule has 0 radical (unpaired) electrons. The topological polar surface area (TPSA) is 79.2 Å². The molecule has 0 saturated carbocycles. The molecule has 0 aliphatic carbocycles. The van der Waals surface area contributed by atoms with E-state index < -0.39 is 12.0 Å². The van der Waals surface area contributed by atoms with Crippen molar-refractivity contribution in [2.24, 2.45) is 0 Å². The van der Waals surface area contributed by atoms with Gasteiger partial charge < -0.3 is 10.1 Å². The van der Waals surface area contributed by atoms with Gasteiger partial charge in [0.05, 0.1) is 19.6 Å². The number of carbonyl (C=O) groups excluding carboxylic acids is 2. The predicted octanol–water partition coefficient (Wildman–Crippen LogP) is 1.33. The molecule has 0 aliphatic heterocycles. The summed E-state index contributed by atoms with van der Waals surface area (Å²) < 4.78 is 17.3. The third-order valence-electron chi connectivity index (χ3n) is 2.64. The van der Waals surface area contributed by atoms with Crippen LogP contribution in [0, 0.1) is 17.1 Å². The number of nitriles is 1. The Morgan fingerprint density at radius 1 is 1.40 bits per heavy atom. The van der Waals surface area contributed by atoms with E-state index in [1.807, 2.05) is 6.07 Å². The Hall–Kier alpha value is -2.42. The van der Waals surface area contributed by atoms with Gasteiger partial charge in [0.15, 0.2) is 0 Å². The molecule has 106 valence electrons. The molecule has 0 heterocycles. The van der Waals surface area contributed by atoms with Crippen molar-refractivity contribution in [3.63, 3.8) is 0 Å². The molecule has 5 nitrogen and oxygen atoms in total. The highest BCUT2D eigenvalue weighted by Crippen LogP contribution is 2.05. The maximum absolute atomic E-state index is 12.7. The molecular weight excluding hydrogens is 263 g/mol. The predicted molar refractivity (Wildman–Crippen MR) is 68.9 cm³/mol. The number of hydrogen-bond acceptors (Lipinski definition) is 4. The number of benzene rings is 1. The zero-order valence-electron chi connectivity index (χ0n) is 11.1. The van der Waals surface area contributed by atoms with Gasteiger partial charge in [-0.2, -0.15) is 5.26 Å². The summed E-state index contributed by atoms with van der Waals surface area (Å²) in [5, 5.41) is 11.0. The lowest BCUT2D eigenvalue weighted by Gasteiger charge is -2.15. The summed E-state index contributed by atoms with van der Waals surface area (Å²) >= 11 is 0. The molecule has 6 heteroatoms. The largest absolute Gasteiger partial charge is 0.467 e. The Morgan fingerprint density at radius 2 is 2.05 bits per heavy atom. The first-order valence-electron chi connectivity index (χ1n) is 6.05. The molecule has 0 saturated heterocycles. The van der Waals surface area contributed by atoms with E-state index in [1.54, 1.807) is 0 Å². The minimum Gasteiger partial charge on any atom is -0.467 e. The second kappa shape index (κ2) is 7.89. The van der Waals surface area contributed by atoms with Crippen LogP contribution in [0.3, 0.4) is 0 Å². The second-order valence-corrected chi connectivity index (χ2v) is 4.14. The standard InChI is InChI=1S/C14H15FN2O3/c1-20-14(19)12(3-2-8-16)17-13(18)9-10-4-6-11(15)7-5-10/h4-7,12H,2-3,9H2,1H3,(H,17,18)/t12-/m0/s1. The summed E-state index contributed by atoms with van der Waals surface area (Å²) in [6, 6.07) is 6.58. The van der Waals surface area contributed by atoms with E-state index in [0.717, 1.165) is 0 Å². The lowest BCUT2D eigenvalue weighted by Crippen LogP contribution is -2.42. The first-order chi connectivity index (χ1) is 9.56. The van der Waals surface area contributed by atoms with Crippen LogP contribution in [0.15, 0.2) is 24.3 Å². The number of carbonyl (C=O) groups is 2. The van der Waals surface area contributed by atoms with Crippen LogP contribution in [0.4, 0.5) is 4.39 Å². The summed E-state index contributed by atoms with van der Waals surface area (Å²) in [6.07, 6.45) is 0.356. The summed E-state index contributed by atoms with van der Waals surface area (Å²) in [4.78, 5) is 23.3. The van der Waals surface area contributed by atoms with Crippen molar-refractivity contribution in [1.82, 2.24) is 5.32 Å². The molecule has 0 bridgehead atoms. The Labute approximate surface area is 116 Å². The van der Waals surface area contributed by atoms with Gasteiger partial charge in [0.1, 0.15) is 11.9 Å². The fourth-order valence-corrected chi connectivity index (χ4v) is 1.63. The zero-order chi connectivity index (χ0) is 15.0. The molecule has 0 spiro atoms. The van der Waals surface area contributed by atoms with Crippen molar-refractivity contribution in [3.05, 3.63) is 35.6 Å². The normalized spacial score (nSPS) is 11.2. The lowest BCUT2D eigenvalue weighted by atomic mass is 10.1. The van der Waals surface area contributed by atoms with Crippen molar-refractivity contribution >= 4 is 11.9 Å². The molecule has 0 aliphatic rings. The van der Waals surface area contributed by atoms with Crippen molar-refractivity contribution in [3.8, 4) is 6.07 Å². The monoisotopic (exact) mass is 278 g/mol. The first-order valence-corrected chi connectivity index (χ1v) is 6.05. The molecule has 20 heavy (non-hydrogen) atoms. The Bertz CT molecular complexity index is 508. The van der Waals surface area contributed by atoms with Gasteiger partial charge in [-0.1, -0.05) is 12.1 Å². The molecule has 0 unspecified atom stereocenters. The maximum Gasteiger partial charge on any atom is 0.328 e. The van der Waals surface area contributed by atoms with Gasteiger partial charge in [0, 0.05) is 6.42 Å². The number of ether oxygens (including phenoxy) is 1. The van der Waals surface area contributed by atoms with Crippen LogP contribution >= 0.6 is 0 Å². The number of halogens is 1. The molecular formula is C14H15FN2O3. The number of methoxy groups -OCH3 is 1. The SMILES string of the molecule is COC(=O)[C@H](CCC#N)NC(=O)Cc1ccc(F)cc1. The maximum atomic E-state index is 12.7. The van der Waals surface area contributed by atoms with Crippen LogP contribution in [0.5, 0.6) is 0 Å². The van der Waals surface area contributed by atoms with Crippen molar-refractivity contribution in [1.29, 1.82) is 5.26 Å². The minimum absolute atomic E-state index is 0.0281. The van der Waals surface area contributed by atoms with Crippen molar-refractivity contribution in [2.75, 3.05) is 7.11 Å². The van der Waals surface area contributed by atoms with Gasteiger partial charge in [-0.3, -0.25) is 4.79 Å². The lowest BCUT2D eigenvalue weighted by molar-refractivity contribution is -0.145. The Balaban J connectivity index is 2.59. The molecule has 0 aromatic heterocycles. The van der Waals surface area contributed by atoms with Gasteiger partial charge >= 0.3 is 5.97 Å². The highest BCUT2D eigenvalue weighted by atomic mass is 19.1. The van der Waals surface area contributed by atoms with Crippen LogP contribution in [-0.4, -0.2) is 25.0 Å². The number of amides is 1. The van der Waals surface area contributed by atoms with Crippen LogP contribution in [0.2, 0.25) is 0 Å². The van der Waals surface area contributed by atoms with Gasteiger partial charge in [-0.25, -0.2) is 9.18 Å². The van der Waals surface area contributed by atoms with E-state index in [2.05, 4.69) is 10.1 Å². The molecule has 1 rings (SSSR count). The number of rotatable bonds is 6. The highest BCUT2D eigenvalue weighted by Gasteiger charge is 2.20. The smallest absolute Gasteiger partial charge is 0.328 e. The summed E-state index contributed by atoms with van der Waals surface area (Å²) in [7, 11) is 1.22. The van der Waals surface area contributed by atoms with E-state index in [4.69, 9.17) is 5.26 Å². The molecule has 1 aromatic carbocycles. The summed E-state index contributed by atoms with van der Waals surface area (Å²) in [6.45, 7) is 0. The number of esters is 1. The second-order valence-electron chi connectivity index (χ2n) is 4.14. The van der Waals surface area contributed by atoms with Gasteiger partial charge in [0.2, 0.25) is 5.91 Å². The molecule has 1 atom stereocenters. The summed E-state index contributed by atoms with van der Waals surface area (Å²) in [5.74, 6) is -1.35. The molecule has 1 aromatic rings. The quantitative estimate of drug-likeness (QED) is 0.796. The van der Waals surface area contributed by atoms with E-state index in [9.17, 15) is 14.0 Å². The van der Waals surface area contributed by atoms with Crippen molar-refractivity contribution in [2.45, 2.75) is 25.3 Å². The number of hydrogen-bond donors (Lipinski definition) is 1. The van der Waals surface area contributed by atoms with E-state index in [-0.39, 0.29) is 31.0 Å². The first kappa shape index (κ1) is 15.6. The third kappa shape index (κ3) is 5.06. The summed E-state index contributed by atoms with van der Waals surface area (Å²) in [5.41, 5.74) is 0.632. The van der Waals surface area contributed by atoms with Gasteiger partial charge in [-0.15, -0.1) is 0 Å². The number of nitrogens with zero attached hydrogens (tertiary/aromatic N) is 1. The van der Waals surface area contributed by atoms with Crippen LogP contribution < -0.4 is 5.32 Å². The van der Waals surface area contributed by atoms with Gasteiger partial charge in [-0.05, 0) is 24.1 Å². The fraction of sp³-hybridized carbons (Fsp3) is 0.357. The van der Waals surface area contributed by atoms with E-state index in [0.29, 0.717) is 5.56 Å². The minimum atomic E-state index is -0.840. The molecule has 0 fully saturated rings. The van der Waals surface area contributed by atoms with Crippen LogP contribution in [-0.2, 0) is 20.7 Å². The van der Waals surface area contributed by atoms with E-state index >= 15 is 0 Å². The Morgan fingerprint density at radius 3 is 2.60 bits per heavy atom. The number of nitrogens with one attached hydrogen (secondary N) is 1. The van der Waals surface area contributed by atoms with Crippen LogP contribution in [0.1, 0.15) is 18.4 Å².